The van der Waals surface area contributed by atoms with Crippen LogP contribution in [-0.4, -0.2) is 12.5 Å². The fourth-order valence-electron chi connectivity index (χ4n) is 1.08. The second kappa shape index (κ2) is 3.97. The molecule has 0 amide bonds. The first kappa shape index (κ1) is 10.3. The van der Waals surface area contributed by atoms with Crippen molar-refractivity contribution in [3.8, 4) is 0 Å². The predicted octanol–water partition coefficient (Wildman–Crippen LogP) is 3.10. The summed E-state index contributed by atoms with van der Waals surface area (Å²) >= 11 is 1.81. The van der Waals surface area contributed by atoms with Crippen molar-refractivity contribution in [3.05, 3.63) is 35.4 Å². The molecule has 0 saturated carbocycles. The Kier molecular flexibility index (Phi) is 3.15. The van der Waals surface area contributed by atoms with Crippen molar-refractivity contribution in [3.63, 3.8) is 0 Å². The third-order valence-electron chi connectivity index (χ3n) is 2.25. The lowest BCUT2D eigenvalue weighted by Gasteiger charge is -2.22. The Hall–Kier alpha value is -0.760. The van der Waals surface area contributed by atoms with E-state index < -0.39 is 0 Å². The summed E-state index contributed by atoms with van der Waals surface area (Å²) < 4.78 is 0.126. The van der Waals surface area contributed by atoms with Crippen LogP contribution in [0.5, 0.6) is 0 Å². The van der Waals surface area contributed by atoms with E-state index in [0.717, 1.165) is 11.8 Å². The van der Waals surface area contributed by atoms with Crippen LogP contribution in [0.4, 0.5) is 0 Å². The average molecular weight is 194 g/mol. The van der Waals surface area contributed by atoms with E-state index in [9.17, 15) is 4.79 Å². The largest absolute Gasteiger partial charge is 0.298 e. The standard InChI is InChI=1S/C11H14OS/c1-11(2,13-3)10-6-4-9(8-12)5-7-10/h4-8H,1-3H3. The molecule has 0 heterocycles. The van der Waals surface area contributed by atoms with Crippen LogP contribution < -0.4 is 0 Å². The normalized spacial score (nSPS) is 11.3. The summed E-state index contributed by atoms with van der Waals surface area (Å²) in [7, 11) is 0. The van der Waals surface area contributed by atoms with E-state index in [0.29, 0.717) is 0 Å². The Morgan fingerprint density at radius 2 is 1.77 bits per heavy atom. The van der Waals surface area contributed by atoms with Crippen LogP contribution in [0.2, 0.25) is 0 Å². The lowest BCUT2D eigenvalue weighted by Crippen LogP contribution is -2.10. The molecule has 0 atom stereocenters. The van der Waals surface area contributed by atoms with Gasteiger partial charge in [-0.05, 0) is 25.7 Å². The molecule has 1 aromatic carbocycles. The molecule has 0 radical (unpaired) electrons. The molecule has 0 bridgehead atoms. The number of hydrogen-bond donors (Lipinski definition) is 0. The highest BCUT2D eigenvalue weighted by atomic mass is 32.2. The van der Waals surface area contributed by atoms with Gasteiger partial charge in [-0.25, -0.2) is 0 Å². The number of aldehydes is 1. The first-order valence-corrected chi connectivity index (χ1v) is 5.43. The smallest absolute Gasteiger partial charge is 0.150 e. The maximum Gasteiger partial charge on any atom is 0.150 e. The maximum atomic E-state index is 10.4. The van der Waals surface area contributed by atoms with E-state index in [1.807, 2.05) is 24.3 Å². The fraction of sp³-hybridized carbons (Fsp3) is 0.364. The highest BCUT2D eigenvalue weighted by molar-refractivity contribution is 7.99. The third kappa shape index (κ3) is 2.34. The minimum absolute atomic E-state index is 0.126. The van der Waals surface area contributed by atoms with Crippen molar-refractivity contribution in [2.45, 2.75) is 18.6 Å². The molecule has 0 aliphatic heterocycles. The maximum absolute atomic E-state index is 10.4. The SMILES string of the molecule is CSC(C)(C)c1ccc(C=O)cc1. The number of benzene rings is 1. The van der Waals surface area contributed by atoms with Gasteiger partial charge in [0.25, 0.3) is 0 Å². The first-order valence-electron chi connectivity index (χ1n) is 4.21. The van der Waals surface area contributed by atoms with Crippen LogP contribution in [0.3, 0.4) is 0 Å². The summed E-state index contributed by atoms with van der Waals surface area (Å²) in [5.74, 6) is 0. The Balaban J connectivity index is 2.98. The van der Waals surface area contributed by atoms with E-state index in [-0.39, 0.29) is 4.75 Å². The van der Waals surface area contributed by atoms with E-state index in [2.05, 4.69) is 20.1 Å². The van der Waals surface area contributed by atoms with E-state index in [1.165, 1.54) is 5.56 Å². The lowest BCUT2D eigenvalue weighted by atomic mass is 10.0. The summed E-state index contributed by atoms with van der Waals surface area (Å²) in [6.07, 6.45) is 2.96. The van der Waals surface area contributed by atoms with Crippen LogP contribution in [0.1, 0.15) is 29.8 Å². The minimum atomic E-state index is 0.126. The summed E-state index contributed by atoms with van der Waals surface area (Å²) in [5, 5.41) is 0. The van der Waals surface area contributed by atoms with Crippen LogP contribution in [0.15, 0.2) is 24.3 Å². The molecule has 1 nitrogen and oxygen atoms in total. The highest BCUT2D eigenvalue weighted by Gasteiger charge is 2.17. The molecule has 0 spiro atoms. The molecule has 0 unspecified atom stereocenters. The molecule has 13 heavy (non-hydrogen) atoms. The lowest BCUT2D eigenvalue weighted by molar-refractivity contribution is 0.112. The minimum Gasteiger partial charge on any atom is -0.298 e. The molecular weight excluding hydrogens is 180 g/mol. The molecular formula is C11H14OS. The summed E-state index contributed by atoms with van der Waals surface area (Å²) in [4.78, 5) is 10.4. The molecule has 1 aromatic rings. The quantitative estimate of drug-likeness (QED) is 0.688. The molecule has 0 fully saturated rings. The Labute approximate surface area is 83.5 Å². The molecule has 0 aromatic heterocycles. The van der Waals surface area contributed by atoms with Crippen molar-refractivity contribution in [2.24, 2.45) is 0 Å². The predicted molar refractivity (Wildman–Crippen MR) is 58.4 cm³/mol. The number of carbonyl (C=O) groups is 1. The zero-order chi connectivity index (χ0) is 9.90. The van der Waals surface area contributed by atoms with Crippen molar-refractivity contribution < 1.29 is 4.79 Å². The van der Waals surface area contributed by atoms with Crippen molar-refractivity contribution >= 4 is 18.0 Å². The molecule has 2 heteroatoms. The van der Waals surface area contributed by atoms with Gasteiger partial charge in [0.2, 0.25) is 0 Å². The van der Waals surface area contributed by atoms with Gasteiger partial charge in [-0.3, -0.25) is 4.79 Å². The number of carbonyl (C=O) groups excluding carboxylic acids is 1. The van der Waals surface area contributed by atoms with Crippen molar-refractivity contribution in [1.82, 2.24) is 0 Å². The van der Waals surface area contributed by atoms with Crippen molar-refractivity contribution in [2.75, 3.05) is 6.26 Å². The van der Waals surface area contributed by atoms with Crippen LogP contribution in [-0.2, 0) is 4.75 Å². The number of hydrogen-bond acceptors (Lipinski definition) is 2. The van der Waals surface area contributed by atoms with Crippen LogP contribution in [0.25, 0.3) is 0 Å². The molecule has 0 aliphatic rings. The summed E-state index contributed by atoms with van der Waals surface area (Å²) in [5.41, 5.74) is 1.99. The van der Waals surface area contributed by atoms with E-state index >= 15 is 0 Å². The van der Waals surface area contributed by atoms with Gasteiger partial charge in [-0.1, -0.05) is 24.3 Å². The Morgan fingerprint density at radius 1 is 1.23 bits per heavy atom. The topological polar surface area (TPSA) is 17.1 Å². The van der Waals surface area contributed by atoms with Gasteiger partial charge in [0.1, 0.15) is 6.29 Å². The summed E-state index contributed by atoms with van der Waals surface area (Å²) in [6, 6.07) is 7.75. The molecule has 1 rings (SSSR count). The second-order valence-electron chi connectivity index (χ2n) is 3.45. The van der Waals surface area contributed by atoms with Gasteiger partial charge < -0.3 is 0 Å². The monoisotopic (exact) mass is 194 g/mol. The molecule has 0 saturated heterocycles. The van der Waals surface area contributed by atoms with Gasteiger partial charge in [-0.2, -0.15) is 11.8 Å². The van der Waals surface area contributed by atoms with E-state index in [1.54, 1.807) is 11.8 Å². The molecule has 0 N–H and O–H groups in total. The Morgan fingerprint density at radius 3 is 2.15 bits per heavy atom. The number of rotatable bonds is 3. The second-order valence-corrected chi connectivity index (χ2v) is 4.88. The van der Waals surface area contributed by atoms with Crippen LogP contribution in [0, 0.1) is 0 Å². The van der Waals surface area contributed by atoms with E-state index in [4.69, 9.17) is 0 Å². The third-order valence-corrected chi connectivity index (χ3v) is 3.51. The van der Waals surface area contributed by atoms with Crippen LogP contribution >= 0.6 is 11.8 Å². The zero-order valence-corrected chi connectivity index (χ0v) is 9.02. The molecule has 0 aliphatic carbocycles. The Bertz CT molecular complexity index is 287. The molecule has 70 valence electrons. The highest BCUT2D eigenvalue weighted by Crippen LogP contribution is 2.33. The summed E-state index contributed by atoms with van der Waals surface area (Å²) in [6.45, 7) is 4.35. The fourth-order valence-corrected chi connectivity index (χ4v) is 1.45. The van der Waals surface area contributed by atoms with Gasteiger partial charge >= 0.3 is 0 Å². The average Bonchev–Trinajstić information content (AvgIpc) is 2.18. The van der Waals surface area contributed by atoms with Gasteiger partial charge in [0.15, 0.2) is 0 Å². The zero-order valence-electron chi connectivity index (χ0n) is 8.20. The van der Waals surface area contributed by atoms with Gasteiger partial charge in [0.05, 0.1) is 0 Å². The van der Waals surface area contributed by atoms with Gasteiger partial charge in [-0.15, -0.1) is 0 Å². The van der Waals surface area contributed by atoms with Crippen molar-refractivity contribution in [1.29, 1.82) is 0 Å². The number of thioether (sulfide) groups is 1. The van der Waals surface area contributed by atoms with Gasteiger partial charge in [0, 0.05) is 10.3 Å². The first-order chi connectivity index (χ1) is 6.10.